The molecule has 0 aliphatic carbocycles. The second-order valence-electron chi connectivity index (χ2n) is 3.24. The molecule has 0 aromatic carbocycles. The highest BCUT2D eigenvalue weighted by molar-refractivity contribution is 5.73. The van der Waals surface area contributed by atoms with E-state index in [1.807, 2.05) is 12.1 Å². The van der Waals surface area contributed by atoms with E-state index in [1.54, 1.807) is 18.7 Å². The van der Waals surface area contributed by atoms with Gasteiger partial charge in [0.05, 0.1) is 6.33 Å². The summed E-state index contributed by atoms with van der Waals surface area (Å²) in [4.78, 5) is 21.4. The fourth-order valence-electron chi connectivity index (χ4n) is 1.45. The molecule has 0 amide bonds. The summed E-state index contributed by atoms with van der Waals surface area (Å²) in [6.45, 7) is 0. The van der Waals surface area contributed by atoms with Gasteiger partial charge in [0.25, 0.3) is 0 Å². The number of aromatic nitrogens is 3. The first kappa shape index (κ1) is 9.58. The van der Waals surface area contributed by atoms with Crippen LogP contribution in [0.3, 0.4) is 0 Å². The van der Waals surface area contributed by atoms with Crippen LogP contribution in [0.2, 0.25) is 0 Å². The molecule has 2 aromatic rings. The molecule has 0 saturated heterocycles. The van der Waals surface area contributed by atoms with E-state index in [0.29, 0.717) is 5.69 Å². The van der Waals surface area contributed by atoms with Crippen molar-refractivity contribution in [3.05, 3.63) is 47.8 Å². The summed E-state index contributed by atoms with van der Waals surface area (Å²) < 4.78 is 0. The SMILES string of the molecule is O=Cc1nc[nH]c1CCc1ccncc1. The van der Waals surface area contributed by atoms with Crippen LogP contribution in [0.1, 0.15) is 21.7 Å². The number of imidazole rings is 1. The molecular weight excluding hydrogens is 190 g/mol. The first-order valence-electron chi connectivity index (χ1n) is 4.76. The van der Waals surface area contributed by atoms with Gasteiger partial charge in [-0.2, -0.15) is 0 Å². The number of nitrogens with one attached hydrogen (secondary N) is 1. The maximum Gasteiger partial charge on any atom is 0.170 e. The molecule has 15 heavy (non-hydrogen) atoms. The standard InChI is InChI=1S/C11H11N3O/c15-7-11-10(13-8-14-11)2-1-9-3-5-12-6-4-9/h3-8H,1-2H2,(H,13,14). The number of hydrogen-bond donors (Lipinski definition) is 1. The summed E-state index contributed by atoms with van der Waals surface area (Å²) in [5, 5.41) is 0. The van der Waals surface area contributed by atoms with Gasteiger partial charge in [-0.3, -0.25) is 9.78 Å². The quantitative estimate of drug-likeness (QED) is 0.761. The Labute approximate surface area is 87.4 Å². The lowest BCUT2D eigenvalue weighted by atomic mass is 10.1. The van der Waals surface area contributed by atoms with Crippen molar-refractivity contribution in [2.24, 2.45) is 0 Å². The molecule has 2 heterocycles. The third kappa shape index (κ3) is 2.28. The summed E-state index contributed by atoms with van der Waals surface area (Å²) in [6, 6.07) is 3.94. The van der Waals surface area contributed by atoms with E-state index in [1.165, 1.54) is 5.56 Å². The number of aryl methyl sites for hydroxylation is 2. The normalized spacial score (nSPS) is 10.1. The lowest BCUT2D eigenvalue weighted by Gasteiger charge is -1.99. The molecule has 4 heteroatoms. The fraction of sp³-hybridized carbons (Fsp3) is 0.182. The number of rotatable bonds is 4. The highest BCUT2D eigenvalue weighted by Gasteiger charge is 2.03. The molecule has 0 unspecified atom stereocenters. The Balaban J connectivity index is 2.02. The smallest absolute Gasteiger partial charge is 0.170 e. The van der Waals surface area contributed by atoms with E-state index >= 15 is 0 Å². The third-order valence-corrected chi connectivity index (χ3v) is 2.28. The maximum absolute atomic E-state index is 10.6. The lowest BCUT2D eigenvalue weighted by Crippen LogP contribution is -1.95. The molecule has 2 rings (SSSR count). The Bertz CT molecular complexity index is 436. The van der Waals surface area contributed by atoms with Gasteiger partial charge in [-0.25, -0.2) is 4.98 Å². The topological polar surface area (TPSA) is 58.6 Å². The minimum absolute atomic E-state index is 0.504. The van der Waals surface area contributed by atoms with E-state index < -0.39 is 0 Å². The molecule has 0 saturated carbocycles. The monoisotopic (exact) mass is 201 g/mol. The molecule has 76 valence electrons. The first-order valence-corrected chi connectivity index (χ1v) is 4.76. The van der Waals surface area contributed by atoms with Gasteiger partial charge in [-0.1, -0.05) is 0 Å². The Morgan fingerprint density at radius 1 is 1.27 bits per heavy atom. The van der Waals surface area contributed by atoms with Gasteiger partial charge < -0.3 is 4.98 Å². The second kappa shape index (κ2) is 4.50. The number of carbonyl (C=O) groups is 1. The van der Waals surface area contributed by atoms with Crippen molar-refractivity contribution in [3.8, 4) is 0 Å². The van der Waals surface area contributed by atoms with Crippen LogP contribution >= 0.6 is 0 Å². The van der Waals surface area contributed by atoms with E-state index in [-0.39, 0.29) is 0 Å². The molecule has 0 atom stereocenters. The highest BCUT2D eigenvalue weighted by atomic mass is 16.1. The van der Waals surface area contributed by atoms with Gasteiger partial charge in [0.2, 0.25) is 0 Å². The summed E-state index contributed by atoms with van der Waals surface area (Å²) in [5.41, 5.74) is 2.60. The lowest BCUT2D eigenvalue weighted by molar-refractivity contribution is 0.111. The number of H-pyrrole nitrogens is 1. The van der Waals surface area contributed by atoms with Gasteiger partial charge in [0.1, 0.15) is 5.69 Å². The Kier molecular flexibility index (Phi) is 2.88. The van der Waals surface area contributed by atoms with Gasteiger partial charge in [0.15, 0.2) is 6.29 Å². The average molecular weight is 201 g/mol. The molecule has 4 nitrogen and oxygen atoms in total. The van der Waals surface area contributed by atoms with Crippen LogP contribution in [0.25, 0.3) is 0 Å². The van der Waals surface area contributed by atoms with E-state index in [4.69, 9.17) is 0 Å². The van der Waals surface area contributed by atoms with Gasteiger partial charge in [-0.15, -0.1) is 0 Å². The van der Waals surface area contributed by atoms with Crippen LogP contribution in [0.5, 0.6) is 0 Å². The van der Waals surface area contributed by atoms with Gasteiger partial charge in [-0.05, 0) is 30.5 Å². The van der Waals surface area contributed by atoms with Gasteiger partial charge in [0, 0.05) is 18.1 Å². The number of carbonyl (C=O) groups excluding carboxylic acids is 1. The van der Waals surface area contributed by atoms with Crippen LogP contribution in [-0.4, -0.2) is 21.2 Å². The Morgan fingerprint density at radius 2 is 2.07 bits per heavy atom. The van der Waals surface area contributed by atoms with Crippen LogP contribution in [-0.2, 0) is 12.8 Å². The number of hydrogen-bond acceptors (Lipinski definition) is 3. The molecular formula is C11H11N3O. The van der Waals surface area contributed by atoms with Crippen molar-refractivity contribution in [3.63, 3.8) is 0 Å². The van der Waals surface area contributed by atoms with Crippen molar-refractivity contribution >= 4 is 6.29 Å². The van der Waals surface area contributed by atoms with Crippen molar-refractivity contribution in [1.29, 1.82) is 0 Å². The zero-order valence-electron chi connectivity index (χ0n) is 8.18. The average Bonchev–Trinajstić information content (AvgIpc) is 2.75. The van der Waals surface area contributed by atoms with E-state index in [2.05, 4.69) is 15.0 Å². The summed E-state index contributed by atoms with van der Waals surface area (Å²) in [7, 11) is 0. The summed E-state index contributed by atoms with van der Waals surface area (Å²) in [6.07, 6.45) is 7.53. The first-order chi connectivity index (χ1) is 7.40. The highest BCUT2D eigenvalue weighted by Crippen LogP contribution is 2.06. The number of pyridine rings is 1. The number of nitrogens with zero attached hydrogens (tertiary/aromatic N) is 2. The van der Waals surface area contributed by atoms with Crippen LogP contribution in [0.15, 0.2) is 30.9 Å². The number of aromatic amines is 1. The Morgan fingerprint density at radius 3 is 2.80 bits per heavy atom. The minimum Gasteiger partial charge on any atom is -0.348 e. The Hall–Kier alpha value is -1.97. The fourth-order valence-corrected chi connectivity index (χ4v) is 1.45. The maximum atomic E-state index is 10.6. The predicted octanol–water partition coefficient (Wildman–Crippen LogP) is 1.40. The second-order valence-corrected chi connectivity index (χ2v) is 3.24. The van der Waals surface area contributed by atoms with Crippen LogP contribution < -0.4 is 0 Å². The largest absolute Gasteiger partial charge is 0.348 e. The molecule has 2 aromatic heterocycles. The molecule has 0 spiro atoms. The molecule has 1 N–H and O–H groups in total. The molecule has 0 bridgehead atoms. The minimum atomic E-state index is 0.504. The zero-order valence-corrected chi connectivity index (χ0v) is 8.18. The summed E-state index contributed by atoms with van der Waals surface area (Å²) in [5.74, 6) is 0. The van der Waals surface area contributed by atoms with Crippen LogP contribution in [0, 0.1) is 0 Å². The van der Waals surface area contributed by atoms with E-state index in [0.717, 1.165) is 24.8 Å². The molecule has 0 aliphatic rings. The van der Waals surface area contributed by atoms with E-state index in [9.17, 15) is 4.79 Å². The molecule has 0 radical (unpaired) electrons. The van der Waals surface area contributed by atoms with Crippen molar-refractivity contribution in [1.82, 2.24) is 15.0 Å². The molecule has 0 fully saturated rings. The summed E-state index contributed by atoms with van der Waals surface area (Å²) >= 11 is 0. The third-order valence-electron chi connectivity index (χ3n) is 2.28. The van der Waals surface area contributed by atoms with Crippen molar-refractivity contribution < 1.29 is 4.79 Å². The van der Waals surface area contributed by atoms with Crippen LogP contribution in [0.4, 0.5) is 0 Å². The number of aldehydes is 1. The van der Waals surface area contributed by atoms with Crippen molar-refractivity contribution in [2.45, 2.75) is 12.8 Å². The molecule has 0 aliphatic heterocycles. The zero-order chi connectivity index (χ0) is 10.5. The predicted molar refractivity (Wildman–Crippen MR) is 55.6 cm³/mol. The van der Waals surface area contributed by atoms with Gasteiger partial charge >= 0.3 is 0 Å². The van der Waals surface area contributed by atoms with Crippen molar-refractivity contribution in [2.75, 3.05) is 0 Å².